The van der Waals surface area contributed by atoms with Crippen molar-refractivity contribution in [1.29, 1.82) is 0 Å². The minimum Gasteiger partial charge on any atom is -0.391 e. The zero-order valence-corrected chi connectivity index (χ0v) is 10.2. The molecule has 0 aliphatic heterocycles. The summed E-state index contributed by atoms with van der Waals surface area (Å²) in [5, 5.41) is 10.3. The van der Waals surface area contributed by atoms with Gasteiger partial charge in [-0.15, -0.1) is 12.3 Å². The highest BCUT2D eigenvalue weighted by Gasteiger charge is 2.21. The Labute approximate surface area is 108 Å². The van der Waals surface area contributed by atoms with E-state index in [9.17, 15) is 5.11 Å². The van der Waals surface area contributed by atoms with Gasteiger partial charge in [-0.25, -0.2) is 0 Å². The normalized spacial score (nSPS) is 12.1. The molecule has 0 spiro atoms. The number of rotatable bonds is 4. The van der Waals surface area contributed by atoms with Crippen LogP contribution < -0.4 is 0 Å². The van der Waals surface area contributed by atoms with Gasteiger partial charge in [-0.05, 0) is 11.1 Å². The first-order valence-electron chi connectivity index (χ1n) is 6.04. The van der Waals surface area contributed by atoms with Gasteiger partial charge in [0.2, 0.25) is 0 Å². The molecule has 90 valence electrons. The predicted octanol–water partition coefficient (Wildman–Crippen LogP) is 3.20. The molecule has 0 aromatic heterocycles. The molecule has 1 N–H and O–H groups in total. The van der Waals surface area contributed by atoms with Gasteiger partial charge in [-0.2, -0.15) is 0 Å². The van der Waals surface area contributed by atoms with E-state index in [1.165, 1.54) is 0 Å². The van der Waals surface area contributed by atoms with Gasteiger partial charge in [-0.3, -0.25) is 0 Å². The van der Waals surface area contributed by atoms with Crippen molar-refractivity contribution in [2.24, 2.45) is 0 Å². The summed E-state index contributed by atoms with van der Waals surface area (Å²) in [7, 11) is 0. The summed E-state index contributed by atoms with van der Waals surface area (Å²) >= 11 is 0. The largest absolute Gasteiger partial charge is 0.391 e. The van der Waals surface area contributed by atoms with Crippen LogP contribution in [0.4, 0.5) is 0 Å². The molecule has 18 heavy (non-hydrogen) atoms. The van der Waals surface area contributed by atoms with E-state index in [4.69, 9.17) is 6.42 Å². The van der Waals surface area contributed by atoms with Crippen molar-refractivity contribution in [3.63, 3.8) is 0 Å². The van der Waals surface area contributed by atoms with Crippen LogP contribution in [0.2, 0.25) is 0 Å². The Morgan fingerprint density at radius 1 is 0.889 bits per heavy atom. The second-order valence-corrected chi connectivity index (χ2v) is 4.27. The number of terminal acetylenes is 1. The quantitative estimate of drug-likeness (QED) is 0.808. The molecule has 0 amide bonds. The fourth-order valence-corrected chi connectivity index (χ4v) is 2.20. The highest BCUT2D eigenvalue weighted by molar-refractivity contribution is 5.34. The monoisotopic (exact) mass is 236 g/mol. The van der Waals surface area contributed by atoms with E-state index in [0.717, 1.165) is 11.1 Å². The molecule has 0 saturated heterocycles. The summed E-state index contributed by atoms with van der Waals surface area (Å²) in [5.74, 6) is 2.47. The molecule has 0 radical (unpaired) electrons. The Hall–Kier alpha value is -2.04. The minimum atomic E-state index is -0.556. The third-order valence-corrected chi connectivity index (χ3v) is 3.03. The summed E-state index contributed by atoms with van der Waals surface area (Å²) in [6, 6.07) is 20.0. The van der Waals surface area contributed by atoms with E-state index in [1.807, 2.05) is 60.7 Å². The highest BCUT2D eigenvalue weighted by atomic mass is 16.3. The molecule has 2 aromatic carbocycles. The fourth-order valence-electron chi connectivity index (χ4n) is 2.20. The zero-order valence-electron chi connectivity index (χ0n) is 10.2. The number of hydrogen-bond acceptors (Lipinski definition) is 1. The summed E-state index contributed by atoms with van der Waals surface area (Å²) < 4.78 is 0. The van der Waals surface area contributed by atoms with Crippen molar-refractivity contribution in [1.82, 2.24) is 0 Å². The van der Waals surface area contributed by atoms with Crippen molar-refractivity contribution in [3.05, 3.63) is 71.8 Å². The Kier molecular flexibility index (Phi) is 4.17. The van der Waals surface area contributed by atoms with Gasteiger partial charge in [0.25, 0.3) is 0 Å². The second-order valence-electron chi connectivity index (χ2n) is 4.27. The standard InChI is InChI=1S/C17H16O/c1-2-9-16(18)17(14-10-5-3-6-11-14)15-12-7-4-8-13-15/h1,3-8,10-13,16-18H,9H2. The maximum absolute atomic E-state index is 10.3. The van der Waals surface area contributed by atoms with Crippen molar-refractivity contribution in [2.75, 3.05) is 0 Å². The molecule has 0 fully saturated rings. The van der Waals surface area contributed by atoms with E-state index in [1.54, 1.807) is 0 Å². The zero-order chi connectivity index (χ0) is 12.8. The first-order valence-corrected chi connectivity index (χ1v) is 6.04. The van der Waals surface area contributed by atoms with Crippen LogP contribution in [0.1, 0.15) is 23.5 Å². The lowest BCUT2D eigenvalue weighted by Gasteiger charge is -2.22. The van der Waals surface area contributed by atoms with Crippen molar-refractivity contribution in [2.45, 2.75) is 18.4 Å². The van der Waals surface area contributed by atoms with Gasteiger partial charge >= 0.3 is 0 Å². The summed E-state index contributed by atoms with van der Waals surface area (Å²) in [4.78, 5) is 0. The minimum absolute atomic E-state index is 0.0663. The number of aliphatic hydroxyl groups excluding tert-OH is 1. The Morgan fingerprint density at radius 2 is 1.33 bits per heavy atom. The van der Waals surface area contributed by atoms with Crippen LogP contribution in [-0.2, 0) is 0 Å². The van der Waals surface area contributed by atoms with Gasteiger partial charge in [0.05, 0.1) is 6.10 Å². The maximum atomic E-state index is 10.3. The second kappa shape index (κ2) is 6.05. The molecule has 1 nitrogen and oxygen atoms in total. The topological polar surface area (TPSA) is 20.2 Å². The van der Waals surface area contributed by atoms with Crippen LogP contribution in [0.5, 0.6) is 0 Å². The number of aliphatic hydroxyl groups is 1. The molecule has 2 aromatic rings. The molecule has 1 atom stereocenters. The number of benzene rings is 2. The van der Waals surface area contributed by atoms with Crippen LogP contribution in [0.15, 0.2) is 60.7 Å². The molecule has 0 aliphatic carbocycles. The van der Waals surface area contributed by atoms with Gasteiger partial charge in [0, 0.05) is 12.3 Å². The van der Waals surface area contributed by atoms with Crippen molar-refractivity contribution >= 4 is 0 Å². The molecule has 0 bridgehead atoms. The van der Waals surface area contributed by atoms with Crippen LogP contribution in [0.3, 0.4) is 0 Å². The third-order valence-electron chi connectivity index (χ3n) is 3.03. The lowest BCUT2D eigenvalue weighted by Crippen LogP contribution is -2.19. The lowest BCUT2D eigenvalue weighted by molar-refractivity contribution is 0.162. The summed E-state index contributed by atoms with van der Waals surface area (Å²) in [5.41, 5.74) is 2.18. The van der Waals surface area contributed by atoms with Crippen LogP contribution in [0, 0.1) is 12.3 Å². The Bertz CT molecular complexity index is 471. The van der Waals surface area contributed by atoms with Gasteiger partial charge in [-0.1, -0.05) is 60.7 Å². The number of hydrogen-bond donors (Lipinski definition) is 1. The van der Waals surface area contributed by atoms with Crippen LogP contribution >= 0.6 is 0 Å². The van der Waals surface area contributed by atoms with Crippen LogP contribution in [0.25, 0.3) is 0 Å². The maximum Gasteiger partial charge on any atom is 0.0758 e. The van der Waals surface area contributed by atoms with Crippen molar-refractivity contribution < 1.29 is 5.11 Å². The summed E-state index contributed by atoms with van der Waals surface area (Å²) in [6.07, 6.45) is 5.11. The van der Waals surface area contributed by atoms with E-state index < -0.39 is 6.10 Å². The third kappa shape index (κ3) is 2.80. The lowest BCUT2D eigenvalue weighted by atomic mass is 9.85. The van der Waals surface area contributed by atoms with Gasteiger partial charge in [0.1, 0.15) is 0 Å². The molecule has 0 aliphatic rings. The van der Waals surface area contributed by atoms with Crippen LogP contribution in [-0.4, -0.2) is 11.2 Å². The first kappa shape index (κ1) is 12.4. The van der Waals surface area contributed by atoms with E-state index in [0.29, 0.717) is 6.42 Å². The Morgan fingerprint density at radius 3 is 1.72 bits per heavy atom. The van der Waals surface area contributed by atoms with Gasteiger partial charge < -0.3 is 5.11 Å². The average molecular weight is 236 g/mol. The van der Waals surface area contributed by atoms with Crippen molar-refractivity contribution in [3.8, 4) is 12.3 Å². The molecular formula is C17H16O. The predicted molar refractivity (Wildman–Crippen MR) is 74.2 cm³/mol. The smallest absolute Gasteiger partial charge is 0.0758 e. The molecule has 0 heterocycles. The molecule has 1 heteroatoms. The first-order chi connectivity index (χ1) is 8.83. The fraction of sp³-hybridized carbons (Fsp3) is 0.176. The average Bonchev–Trinajstić information content (AvgIpc) is 2.42. The Balaban J connectivity index is 2.39. The molecule has 0 saturated carbocycles. The molecular weight excluding hydrogens is 220 g/mol. The molecule has 2 rings (SSSR count). The summed E-state index contributed by atoms with van der Waals surface area (Å²) in [6.45, 7) is 0. The van der Waals surface area contributed by atoms with E-state index in [-0.39, 0.29) is 5.92 Å². The SMILES string of the molecule is C#CCC(O)C(c1ccccc1)c1ccccc1. The van der Waals surface area contributed by atoms with E-state index in [2.05, 4.69) is 5.92 Å². The highest BCUT2D eigenvalue weighted by Crippen LogP contribution is 2.29. The molecule has 1 unspecified atom stereocenters. The van der Waals surface area contributed by atoms with E-state index >= 15 is 0 Å². The van der Waals surface area contributed by atoms with Gasteiger partial charge in [0.15, 0.2) is 0 Å².